The lowest BCUT2D eigenvalue weighted by molar-refractivity contribution is -0.138. The molecule has 0 aromatic rings. The third-order valence-corrected chi connectivity index (χ3v) is 3.94. The quantitative estimate of drug-likeness (QED) is 0.800. The summed E-state index contributed by atoms with van der Waals surface area (Å²) >= 11 is 0. The van der Waals surface area contributed by atoms with E-state index in [0.29, 0.717) is 19.0 Å². The van der Waals surface area contributed by atoms with E-state index >= 15 is 0 Å². The highest BCUT2D eigenvalue weighted by molar-refractivity contribution is 5.74. The summed E-state index contributed by atoms with van der Waals surface area (Å²) < 4.78 is 5.52. The van der Waals surface area contributed by atoms with Crippen molar-refractivity contribution in [2.45, 2.75) is 38.2 Å². The monoisotopic (exact) mass is 284 g/mol. The molecule has 0 aromatic heterocycles. The molecular weight excluding hydrogens is 260 g/mol. The summed E-state index contributed by atoms with van der Waals surface area (Å²) in [7, 11) is 1.87. The highest BCUT2D eigenvalue weighted by atomic mass is 16.5. The molecule has 2 amide bonds. The van der Waals surface area contributed by atoms with Gasteiger partial charge in [-0.2, -0.15) is 0 Å². The minimum absolute atomic E-state index is 0.0449. The second-order valence-electron chi connectivity index (χ2n) is 5.81. The Morgan fingerprint density at radius 3 is 2.45 bits per heavy atom. The molecule has 1 aliphatic heterocycles. The maximum Gasteiger partial charge on any atom is 0.319 e. The van der Waals surface area contributed by atoms with Crippen molar-refractivity contribution < 1.29 is 19.4 Å². The normalized spacial score (nSPS) is 19.9. The highest BCUT2D eigenvalue weighted by Gasteiger charge is 2.29. The van der Waals surface area contributed by atoms with Gasteiger partial charge in [0.15, 0.2) is 0 Å². The smallest absolute Gasteiger partial charge is 0.319 e. The molecule has 2 aliphatic rings. The molecule has 6 nitrogen and oxygen atoms in total. The molecule has 0 unspecified atom stereocenters. The molecule has 0 aromatic carbocycles. The van der Waals surface area contributed by atoms with E-state index in [1.807, 2.05) is 16.8 Å². The van der Waals surface area contributed by atoms with Gasteiger partial charge in [-0.3, -0.25) is 4.79 Å². The molecule has 2 rings (SSSR count). The van der Waals surface area contributed by atoms with Gasteiger partial charge in [-0.05, 0) is 31.6 Å². The number of carboxylic acid groups (broad SMARTS) is 1. The lowest BCUT2D eigenvalue weighted by Gasteiger charge is -2.34. The molecule has 6 heteroatoms. The Morgan fingerprint density at radius 2 is 1.90 bits per heavy atom. The number of aliphatic carboxylic acids is 1. The average Bonchev–Trinajstić information content (AvgIpc) is 3.22. The Hall–Kier alpha value is -1.30. The van der Waals surface area contributed by atoms with Crippen molar-refractivity contribution in [3.05, 3.63) is 0 Å². The Bertz CT molecular complexity index is 349. The van der Waals surface area contributed by atoms with Gasteiger partial charge in [-0.25, -0.2) is 4.79 Å². The predicted molar refractivity (Wildman–Crippen MR) is 73.5 cm³/mol. The number of hydrogen-bond donors (Lipinski definition) is 1. The van der Waals surface area contributed by atoms with Gasteiger partial charge in [0.05, 0.1) is 19.1 Å². The van der Waals surface area contributed by atoms with Crippen molar-refractivity contribution in [1.82, 2.24) is 9.80 Å². The number of likely N-dealkylation sites (tertiary alicyclic amines) is 1. The van der Waals surface area contributed by atoms with Crippen LogP contribution in [0, 0.1) is 5.92 Å². The van der Waals surface area contributed by atoms with Gasteiger partial charge in [0, 0.05) is 26.7 Å². The number of piperidine rings is 1. The number of urea groups is 1. The van der Waals surface area contributed by atoms with Crippen LogP contribution in [-0.4, -0.2) is 66.3 Å². The van der Waals surface area contributed by atoms with Crippen LogP contribution in [0.2, 0.25) is 0 Å². The van der Waals surface area contributed by atoms with Crippen LogP contribution in [0.4, 0.5) is 4.79 Å². The fourth-order valence-corrected chi connectivity index (χ4v) is 2.53. The Kier molecular flexibility index (Phi) is 5.23. The van der Waals surface area contributed by atoms with Crippen LogP contribution < -0.4 is 0 Å². The zero-order valence-electron chi connectivity index (χ0n) is 12.1. The summed E-state index contributed by atoms with van der Waals surface area (Å²) in [6.45, 7) is 2.53. The number of rotatable bonds is 6. The maximum atomic E-state index is 12.2. The first-order chi connectivity index (χ1) is 9.56. The number of carboxylic acids is 1. The molecule has 1 N–H and O–H groups in total. The number of amides is 2. The van der Waals surface area contributed by atoms with Gasteiger partial charge < -0.3 is 19.6 Å². The van der Waals surface area contributed by atoms with Crippen molar-refractivity contribution in [2.24, 2.45) is 5.92 Å². The van der Waals surface area contributed by atoms with Gasteiger partial charge in [0.1, 0.15) is 0 Å². The fraction of sp³-hybridized carbons (Fsp3) is 0.857. The summed E-state index contributed by atoms with van der Waals surface area (Å²) in [5.41, 5.74) is 0. The first-order valence-corrected chi connectivity index (χ1v) is 7.39. The average molecular weight is 284 g/mol. The number of carbonyl (C=O) groups excluding carboxylic acids is 1. The third kappa shape index (κ3) is 4.67. The minimum atomic E-state index is -0.834. The van der Waals surface area contributed by atoms with Crippen molar-refractivity contribution >= 4 is 12.0 Å². The minimum Gasteiger partial charge on any atom is -0.481 e. The van der Waals surface area contributed by atoms with Crippen LogP contribution in [0.1, 0.15) is 32.1 Å². The first kappa shape index (κ1) is 15.1. The number of carbonyl (C=O) groups is 2. The molecule has 0 bridgehead atoms. The van der Waals surface area contributed by atoms with E-state index in [1.165, 1.54) is 12.8 Å². The molecular formula is C14H24N2O4. The van der Waals surface area contributed by atoms with Gasteiger partial charge in [0.25, 0.3) is 0 Å². The molecule has 1 heterocycles. The van der Waals surface area contributed by atoms with Crippen LogP contribution >= 0.6 is 0 Å². The number of ether oxygens (including phenoxy) is 1. The van der Waals surface area contributed by atoms with Gasteiger partial charge in [-0.15, -0.1) is 0 Å². The Morgan fingerprint density at radius 1 is 1.25 bits per heavy atom. The van der Waals surface area contributed by atoms with Crippen LogP contribution in [0.5, 0.6) is 0 Å². The Balaban J connectivity index is 1.64. The lowest BCUT2D eigenvalue weighted by atomic mass is 10.1. The highest BCUT2D eigenvalue weighted by Crippen LogP contribution is 2.29. The second kappa shape index (κ2) is 6.92. The van der Waals surface area contributed by atoms with Gasteiger partial charge >= 0.3 is 12.0 Å². The Labute approximate surface area is 119 Å². The van der Waals surface area contributed by atoms with Crippen molar-refractivity contribution in [2.75, 3.05) is 33.3 Å². The lowest BCUT2D eigenvalue weighted by Crippen LogP contribution is -2.47. The van der Waals surface area contributed by atoms with E-state index in [-0.39, 0.29) is 25.2 Å². The van der Waals surface area contributed by atoms with Crippen LogP contribution in [0.3, 0.4) is 0 Å². The van der Waals surface area contributed by atoms with Crippen molar-refractivity contribution in [1.29, 1.82) is 0 Å². The maximum absolute atomic E-state index is 12.2. The molecule has 1 saturated carbocycles. The largest absolute Gasteiger partial charge is 0.481 e. The number of nitrogens with zero attached hydrogens (tertiary/aromatic N) is 2. The molecule has 1 aliphatic carbocycles. The van der Waals surface area contributed by atoms with E-state index in [4.69, 9.17) is 9.84 Å². The zero-order valence-corrected chi connectivity index (χ0v) is 12.1. The van der Waals surface area contributed by atoms with E-state index < -0.39 is 5.97 Å². The zero-order chi connectivity index (χ0) is 14.5. The summed E-state index contributed by atoms with van der Waals surface area (Å²) in [5, 5.41) is 8.56. The third-order valence-electron chi connectivity index (χ3n) is 3.94. The molecule has 20 heavy (non-hydrogen) atoms. The standard InChI is InChI=1S/C14H24N2O4/c1-15(10-11-2-3-11)14(19)16-7-4-12(5-8-16)20-9-6-13(17)18/h11-12H,2-10H2,1H3,(H,17,18). The van der Waals surface area contributed by atoms with Crippen LogP contribution in [0.25, 0.3) is 0 Å². The molecule has 0 atom stereocenters. The van der Waals surface area contributed by atoms with Crippen molar-refractivity contribution in [3.63, 3.8) is 0 Å². The topological polar surface area (TPSA) is 70.1 Å². The number of hydrogen-bond acceptors (Lipinski definition) is 3. The van der Waals surface area contributed by atoms with E-state index in [9.17, 15) is 9.59 Å². The molecule has 0 radical (unpaired) electrons. The molecule has 1 saturated heterocycles. The molecule has 114 valence electrons. The van der Waals surface area contributed by atoms with Gasteiger partial charge in [-0.1, -0.05) is 0 Å². The summed E-state index contributed by atoms with van der Waals surface area (Å²) in [6.07, 6.45) is 4.22. The summed E-state index contributed by atoms with van der Waals surface area (Å²) in [6, 6.07) is 0.112. The van der Waals surface area contributed by atoms with E-state index in [0.717, 1.165) is 19.4 Å². The van der Waals surface area contributed by atoms with Gasteiger partial charge in [0.2, 0.25) is 0 Å². The molecule has 0 spiro atoms. The predicted octanol–water partition coefficient (Wildman–Crippen LogP) is 1.40. The summed E-state index contributed by atoms with van der Waals surface area (Å²) in [5.74, 6) is -0.125. The summed E-state index contributed by atoms with van der Waals surface area (Å²) in [4.78, 5) is 26.3. The van der Waals surface area contributed by atoms with E-state index in [1.54, 1.807) is 0 Å². The SMILES string of the molecule is CN(CC1CC1)C(=O)N1CCC(OCCC(=O)O)CC1. The van der Waals surface area contributed by atoms with E-state index in [2.05, 4.69) is 0 Å². The molecule has 2 fully saturated rings. The van der Waals surface area contributed by atoms with Crippen molar-refractivity contribution in [3.8, 4) is 0 Å². The van der Waals surface area contributed by atoms with Crippen LogP contribution in [0.15, 0.2) is 0 Å². The first-order valence-electron chi connectivity index (χ1n) is 7.39. The second-order valence-corrected chi connectivity index (χ2v) is 5.81. The fourth-order valence-electron chi connectivity index (χ4n) is 2.53. The van der Waals surface area contributed by atoms with Crippen LogP contribution in [-0.2, 0) is 9.53 Å².